The first-order valence-corrected chi connectivity index (χ1v) is 12.0. The van der Waals surface area contributed by atoms with Crippen molar-refractivity contribution in [1.82, 2.24) is 9.88 Å². The molecule has 0 aliphatic carbocycles. The number of amides is 1. The number of nitrogens with zero attached hydrogens (tertiary/aromatic N) is 2. The summed E-state index contributed by atoms with van der Waals surface area (Å²) >= 11 is 1.16. The molecule has 0 aliphatic heterocycles. The number of aliphatic hydroxyl groups is 1. The van der Waals surface area contributed by atoms with Crippen molar-refractivity contribution in [3.05, 3.63) is 16.1 Å². The van der Waals surface area contributed by atoms with Gasteiger partial charge in [-0.2, -0.15) is 0 Å². The Labute approximate surface area is 195 Å². The van der Waals surface area contributed by atoms with E-state index in [1.54, 1.807) is 4.90 Å². The molecule has 182 valence electrons. The molecule has 1 amide bonds. The van der Waals surface area contributed by atoms with Crippen LogP contribution in [0.1, 0.15) is 88.8 Å². The van der Waals surface area contributed by atoms with E-state index < -0.39 is 12.1 Å². The van der Waals surface area contributed by atoms with Gasteiger partial charge in [0.05, 0.1) is 7.11 Å². The van der Waals surface area contributed by atoms with E-state index >= 15 is 0 Å². The maximum absolute atomic E-state index is 13.1. The second-order valence-electron chi connectivity index (χ2n) is 8.95. The van der Waals surface area contributed by atoms with Crippen LogP contribution in [0.2, 0.25) is 0 Å². The molecule has 0 bridgehead atoms. The van der Waals surface area contributed by atoms with Crippen LogP contribution in [-0.2, 0) is 19.1 Å². The molecule has 0 saturated carbocycles. The van der Waals surface area contributed by atoms with Crippen molar-refractivity contribution in [3.63, 3.8) is 0 Å². The Morgan fingerprint density at radius 1 is 1.16 bits per heavy atom. The highest BCUT2D eigenvalue weighted by atomic mass is 32.1. The van der Waals surface area contributed by atoms with Crippen molar-refractivity contribution < 1.29 is 29.0 Å². The molecule has 1 aromatic rings. The van der Waals surface area contributed by atoms with E-state index in [1.165, 1.54) is 12.5 Å². The first-order valence-electron chi connectivity index (χ1n) is 11.2. The van der Waals surface area contributed by atoms with Gasteiger partial charge in [-0.15, -0.1) is 11.3 Å². The van der Waals surface area contributed by atoms with E-state index in [0.717, 1.165) is 17.8 Å². The normalized spacial score (nSPS) is 14.2. The van der Waals surface area contributed by atoms with Crippen LogP contribution >= 0.6 is 11.3 Å². The number of esters is 2. The number of ether oxygens (including phenoxy) is 2. The summed E-state index contributed by atoms with van der Waals surface area (Å²) < 4.78 is 10.1. The molecule has 0 spiro atoms. The number of rotatable bonds is 13. The lowest BCUT2D eigenvalue weighted by Gasteiger charge is -2.35. The largest absolute Gasteiger partial charge is 0.464 e. The molecule has 0 aliphatic rings. The fourth-order valence-electron chi connectivity index (χ4n) is 3.17. The first kappa shape index (κ1) is 28.0. The quantitative estimate of drug-likeness (QED) is 0.340. The van der Waals surface area contributed by atoms with Crippen molar-refractivity contribution in [3.8, 4) is 0 Å². The summed E-state index contributed by atoms with van der Waals surface area (Å²) in [7, 11) is 1.27. The van der Waals surface area contributed by atoms with E-state index in [1.807, 2.05) is 41.5 Å². The van der Waals surface area contributed by atoms with E-state index in [-0.39, 0.29) is 60.9 Å². The molecule has 1 heterocycles. The molecule has 0 aromatic carbocycles. The Morgan fingerprint density at radius 3 is 2.34 bits per heavy atom. The second-order valence-corrected chi connectivity index (χ2v) is 9.84. The lowest BCUT2D eigenvalue weighted by molar-refractivity contribution is -0.157. The molecule has 1 N–H and O–H groups in total. The van der Waals surface area contributed by atoms with Crippen LogP contribution in [0.3, 0.4) is 0 Å². The summed E-state index contributed by atoms with van der Waals surface area (Å²) in [6.07, 6.45) is 0.701. The van der Waals surface area contributed by atoms with Crippen LogP contribution in [0.15, 0.2) is 5.38 Å². The Balaban J connectivity index is 3.05. The SMILES string of the molecule is CC[C@H](C)CC(=O)N(COC(=O)CC(C)C)C(CC(O)c1nc(C(=O)OC)cs1)C(C)C. The number of carbonyl (C=O) groups is 3. The van der Waals surface area contributed by atoms with Crippen LogP contribution in [0.5, 0.6) is 0 Å². The Kier molecular flexibility index (Phi) is 11.8. The summed E-state index contributed by atoms with van der Waals surface area (Å²) in [6.45, 7) is 11.6. The van der Waals surface area contributed by atoms with Crippen LogP contribution in [-0.4, -0.2) is 52.7 Å². The zero-order valence-corrected chi connectivity index (χ0v) is 21.1. The van der Waals surface area contributed by atoms with Crippen LogP contribution in [0.4, 0.5) is 0 Å². The highest BCUT2D eigenvalue weighted by Crippen LogP contribution is 2.28. The molecule has 0 saturated heterocycles. The predicted molar refractivity (Wildman–Crippen MR) is 123 cm³/mol. The van der Waals surface area contributed by atoms with Gasteiger partial charge in [0.2, 0.25) is 5.91 Å². The van der Waals surface area contributed by atoms with Gasteiger partial charge >= 0.3 is 11.9 Å². The molecule has 1 rings (SSSR count). The third-order valence-corrected chi connectivity index (χ3v) is 6.26. The van der Waals surface area contributed by atoms with Crippen molar-refractivity contribution in [1.29, 1.82) is 0 Å². The van der Waals surface area contributed by atoms with Gasteiger partial charge < -0.3 is 19.5 Å². The average Bonchev–Trinajstić information content (AvgIpc) is 3.21. The maximum Gasteiger partial charge on any atom is 0.357 e. The molecular weight excluding hydrogens is 432 g/mol. The topological polar surface area (TPSA) is 106 Å². The van der Waals surface area contributed by atoms with E-state index in [0.29, 0.717) is 11.4 Å². The van der Waals surface area contributed by atoms with Gasteiger partial charge in [0.15, 0.2) is 12.4 Å². The summed E-state index contributed by atoms with van der Waals surface area (Å²) in [6, 6.07) is -0.376. The third kappa shape index (κ3) is 8.86. The summed E-state index contributed by atoms with van der Waals surface area (Å²) in [4.78, 5) is 42.7. The molecular formula is C23H38N2O6S. The minimum Gasteiger partial charge on any atom is -0.464 e. The third-order valence-electron chi connectivity index (χ3n) is 5.32. The molecule has 2 unspecified atom stereocenters. The average molecular weight is 471 g/mol. The fraction of sp³-hybridized carbons (Fsp3) is 0.739. The Hall–Kier alpha value is -2.00. The molecule has 8 nitrogen and oxygen atoms in total. The second kappa shape index (κ2) is 13.5. The number of carbonyl (C=O) groups excluding carboxylic acids is 3. The molecule has 9 heteroatoms. The Morgan fingerprint density at radius 2 is 1.81 bits per heavy atom. The number of methoxy groups -OCH3 is 1. The van der Waals surface area contributed by atoms with Crippen molar-refractivity contribution in [2.75, 3.05) is 13.8 Å². The van der Waals surface area contributed by atoms with Gasteiger partial charge in [0.25, 0.3) is 0 Å². The number of thiazole rings is 1. The van der Waals surface area contributed by atoms with Crippen molar-refractivity contribution in [2.45, 2.75) is 79.4 Å². The highest BCUT2D eigenvalue weighted by molar-refractivity contribution is 7.09. The standard InChI is InChI=1S/C23H38N2O6S/c1-8-16(6)10-20(27)25(13-31-21(28)9-14(2)3)18(15(4)5)11-19(26)22-24-17(12-32-22)23(29)30-7/h12,14-16,18-19,26H,8-11,13H2,1-7H3/t16-,18?,19?/m0/s1. The van der Waals surface area contributed by atoms with E-state index in [4.69, 9.17) is 4.74 Å². The highest BCUT2D eigenvalue weighted by Gasteiger charge is 2.31. The summed E-state index contributed by atoms with van der Waals surface area (Å²) in [5, 5.41) is 12.7. The van der Waals surface area contributed by atoms with Crippen molar-refractivity contribution >= 4 is 29.2 Å². The lowest BCUT2D eigenvalue weighted by Crippen LogP contribution is -2.46. The predicted octanol–water partition coefficient (Wildman–Crippen LogP) is 4.19. The van der Waals surface area contributed by atoms with Crippen LogP contribution < -0.4 is 0 Å². The minimum absolute atomic E-state index is 0.00521. The van der Waals surface area contributed by atoms with Crippen molar-refractivity contribution in [2.24, 2.45) is 17.8 Å². The minimum atomic E-state index is -0.976. The van der Waals surface area contributed by atoms with Gasteiger partial charge in [0.1, 0.15) is 11.1 Å². The van der Waals surface area contributed by atoms with Gasteiger partial charge in [0, 0.05) is 30.7 Å². The molecule has 1 aromatic heterocycles. The monoisotopic (exact) mass is 470 g/mol. The number of hydrogen-bond donors (Lipinski definition) is 1. The van der Waals surface area contributed by atoms with Crippen LogP contribution in [0, 0.1) is 17.8 Å². The van der Waals surface area contributed by atoms with E-state index in [2.05, 4.69) is 9.72 Å². The lowest BCUT2D eigenvalue weighted by atomic mass is 9.95. The van der Waals surface area contributed by atoms with Gasteiger partial charge in [-0.1, -0.05) is 48.0 Å². The molecule has 3 atom stereocenters. The number of aliphatic hydroxyl groups excluding tert-OH is 1. The molecule has 0 radical (unpaired) electrons. The molecule has 32 heavy (non-hydrogen) atoms. The smallest absolute Gasteiger partial charge is 0.357 e. The summed E-state index contributed by atoms with van der Waals surface area (Å²) in [5.74, 6) is -0.694. The number of hydrogen-bond acceptors (Lipinski definition) is 8. The fourth-order valence-corrected chi connectivity index (χ4v) is 3.96. The van der Waals surface area contributed by atoms with Gasteiger partial charge in [-0.05, 0) is 17.8 Å². The van der Waals surface area contributed by atoms with Gasteiger partial charge in [-0.25, -0.2) is 9.78 Å². The maximum atomic E-state index is 13.1. The first-order chi connectivity index (χ1) is 15.0. The summed E-state index contributed by atoms with van der Waals surface area (Å²) in [5.41, 5.74) is 0.139. The molecule has 0 fully saturated rings. The van der Waals surface area contributed by atoms with Crippen LogP contribution in [0.25, 0.3) is 0 Å². The zero-order chi connectivity index (χ0) is 24.4. The van der Waals surface area contributed by atoms with Gasteiger partial charge in [-0.3, -0.25) is 9.59 Å². The van der Waals surface area contributed by atoms with E-state index in [9.17, 15) is 19.5 Å². The Bertz CT molecular complexity index is 749. The number of aromatic nitrogens is 1. The zero-order valence-electron chi connectivity index (χ0n) is 20.3.